The molecular formula is C14H8F2N2O2. The van der Waals surface area contributed by atoms with Crippen molar-refractivity contribution >= 4 is 16.9 Å². The first-order chi connectivity index (χ1) is 9.58. The molecule has 1 aromatic heterocycles. The Bertz CT molecular complexity index is 827. The molecule has 0 fully saturated rings. The van der Waals surface area contributed by atoms with Gasteiger partial charge in [-0.1, -0.05) is 6.07 Å². The third-order valence-corrected chi connectivity index (χ3v) is 3.00. The highest BCUT2D eigenvalue weighted by Crippen LogP contribution is 2.31. The summed E-state index contributed by atoms with van der Waals surface area (Å²) in [6.45, 7) is 0. The van der Waals surface area contributed by atoms with Gasteiger partial charge in [0.25, 0.3) is 0 Å². The van der Waals surface area contributed by atoms with Crippen LogP contribution in [0.15, 0.2) is 36.4 Å². The normalized spacial score (nSPS) is 10.9. The summed E-state index contributed by atoms with van der Waals surface area (Å²) in [6, 6.07) is 7.52. The monoisotopic (exact) mass is 274 g/mol. The lowest BCUT2D eigenvalue weighted by atomic mass is 10.0. The van der Waals surface area contributed by atoms with Crippen LogP contribution in [-0.2, 0) is 0 Å². The molecule has 0 spiro atoms. The number of aromatic nitrogens is 2. The molecule has 0 unspecified atom stereocenters. The smallest absolute Gasteiger partial charge is 0.336 e. The zero-order valence-corrected chi connectivity index (χ0v) is 10.0. The summed E-state index contributed by atoms with van der Waals surface area (Å²) < 4.78 is 27.1. The number of aromatic amines is 1. The second kappa shape index (κ2) is 4.41. The number of hydrogen-bond acceptors (Lipinski definition) is 2. The highest BCUT2D eigenvalue weighted by molar-refractivity contribution is 6.08. The van der Waals surface area contributed by atoms with Crippen LogP contribution in [0.2, 0.25) is 0 Å². The van der Waals surface area contributed by atoms with E-state index >= 15 is 0 Å². The SMILES string of the molecule is O=C(O)c1cccc2[nH]nc(-c3cc(F)ccc3F)c12. The van der Waals surface area contributed by atoms with Gasteiger partial charge in [0.2, 0.25) is 0 Å². The van der Waals surface area contributed by atoms with Crippen molar-refractivity contribution in [2.75, 3.05) is 0 Å². The number of nitrogens with zero attached hydrogens (tertiary/aromatic N) is 1. The molecule has 0 atom stereocenters. The van der Waals surface area contributed by atoms with Gasteiger partial charge in [-0.05, 0) is 30.3 Å². The van der Waals surface area contributed by atoms with Crippen LogP contribution in [0.1, 0.15) is 10.4 Å². The molecule has 1 heterocycles. The van der Waals surface area contributed by atoms with E-state index in [0.29, 0.717) is 5.52 Å². The summed E-state index contributed by atoms with van der Waals surface area (Å²) in [5.41, 5.74) is 0.429. The van der Waals surface area contributed by atoms with Crippen molar-refractivity contribution in [1.29, 1.82) is 0 Å². The lowest BCUT2D eigenvalue weighted by Gasteiger charge is -2.03. The number of halogens is 2. The maximum absolute atomic E-state index is 13.8. The Hall–Kier alpha value is -2.76. The van der Waals surface area contributed by atoms with Crippen LogP contribution in [0.5, 0.6) is 0 Å². The number of nitrogens with one attached hydrogen (secondary N) is 1. The van der Waals surface area contributed by atoms with E-state index in [0.717, 1.165) is 18.2 Å². The quantitative estimate of drug-likeness (QED) is 0.754. The standard InChI is InChI=1S/C14H8F2N2O2/c15-7-4-5-10(16)9(6-7)13-12-8(14(19)20)2-1-3-11(12)17-18-13/h1-6H,(H,17,18)(H,19,20). The number of rotatable bonds is 2. The summed E-state index contributed by atoms with van der Waals surface area (Å²) >= 11 is 0. The van der Waals surface area contributed by atoms with Crippen molar-refractivity contribution in [1.82, 2.24) is 10.2 Å². The Morgan fingerprint density at radius 3 is 2.75 bits per heavy atom. The summed E-state index contributed by atoms with van der Waals surface area (Å²) in [5, 5.41) is 16.0. The summed E-state index contributed by atoms with van der Waals surface area (Å²) in [7, 11) is 0. The molecule has 4 nitrogen and oxygen atoms in total. The van der Waals surface area contributed by atoms with E-state index in [1.807, 2.05) is 0 Å². The van der Waals surface area contributed by atoms with Gasteiger partial charge in [-0.15, -0.1) is 0 Å². The number of carbonyl (C=O) groups is 1. The number of fused-ring (bicyclic) bond motifs is 1. The summed E-state index contributed by atoms with van der Waals surface area (Å²) in [5.74, 6) is -2.44. The lowest BCUT2D eigenvalue weighted by molar-refractivity contribution is 0.0699. The Kier molecular flexibility index (Phi) is 2.71. The summed E-state index contributed by atoms with van der Waals surface area (Å²) in [6.07, 6.45) is 0. The van der Waals surface area contributed by atoms with Gasteiger partial charge >= 0.3 is 5.97 Å². The molecule has 0 saturated heterocycles. The van der Waals surface area contributed by atoms with Crippen LogP contribution in [0, 0.1) is 11.6 Å². The molecule has 3 rings (SSSR count). The van der Waals surface area contributed by atoms with Gasteiger partial charge in [0.1, 0.15) is 17.3 Å². The fraction of sp³-hybridized carbons (Fsp3) is 0. The van der Waals surface area contributed by atoms with E-state index < -0.39 is 17.6 Å². The Morgan fingerprint density at radius 2 is 2.00 bits per heavy atom. The number of benzene rings is 2. The van der Waals surface area contributed by atoms with Crippen LogP contribution < -0.4 is 0 Å². The highest BCUT2D eigenvalue weighted by atomic mass is 19.1. The molecule has 0 bridgehead atoms. The second-order valence-corrected chi connectivity index (χ2v) is 4.23. The molecule has 2 aromatic carbocycles. The fourth-order valence-corrected chi connectivity index (χ4v) is 2.12. The molecule has 100 valence electrons. The molecule has 20 heavy (non-hydrogen) atoms. The molecule has 0 radical (unpaired) electrons. The van der Waals surface area contributed by atoms with E-state index in [9.17, 15) is 18.7 Å². The van der Waals surface area contributed by atoms with Gasteiger partial charge < -0.3 is 5.11 Å². The fourth-order valence-electron chi connectivity index (χ4n) is 2.12. The summed E-state index contributed by atoms with van der Waals surface area (Å²) in [4.78, 5) is 11.2. The minimum absolute atomic E-state index is 0.0186. The predicted octanol–water partition coefficient (Wildman–Crippen LogP) is 3.21. The van der Waals surface area contributed by atoms with Crippen LogP contribution in [0.4, 0.5) is 8.78 Å². The Morgan fingerprint density at radius 1 is 1.20 bits per heavy atom. The van der Waals surface area contributed by atoms with Crippen molar-refractivity contribution in [3.05, 3.63) is 53.6 Å². The molecule has 2 N–H and O–H groups in total. The molecule has 3 aromatic rings. The van der Waals surface area contributed by atoms with Crippen molar-refractivity contribution in [3.8, 4) is 11.3 Å². The van der Waals surface area contributed by atoms with Crippen LogP contribution in [-0.4, -0.2) is 21.3 Å². The Balaban J connectivity index is 2.37. The first-order valence-electron chi connectivity index (χ1n) is 5.73. The van der Waals surface area contributed by atoms with Gasteiger partial charge in [0.15, 0.2) is 0 Å². The highest BCUT2D eigenvalue weighted by Gasteiger charge is 2.18. The number of aromatic carboxylic acids is 1. The van der Waals surface area contributed by atoms with Crippen molar-refractivity contribution in [2.24, 2.45) is 0 Å². The molecule has 6 heteroatoms. The van der Waals surface area contributed by atoms with Crippen molar-refractivity contribution in [3.63, 3.8) is 0 Å². The zero-order valence-electron chi connectivity index (χ0n) is 10.0. The second-order valence-electron chi connectivity index (χ2n) is 4.23. The van der Waals surface area contributed by atoms with Crippen LogP contribution in [0.3, 0.4) is 0 Å². The molecule has 0 aliphatic rings. The Labute approximate surface area is 111 Å². The van der Waals surface area contributed by atoms with Gasteiger partial charge in [0.05, 0.1) is 11.1 Å². The van der Waals surface area contributed by atoms with Crippen LogP contribution >= 0.6 is 0 Å². The third-order valence-electron chi connectivity index (χ3n) is 3.00. The first-order valence-corrected chi connectivity index (χ1v) is 5.73. The predicted molar refractivity (Wildman–Crippen MR) is 68.4 cm³/mol. The molecular weight excluding hydrogens is 266 g/mol. The van der Waals surface area contributed by atoms with E-state index in [1.54, 1.807) is 12.1 Å². The van der Waals surface area contributed by atoms with E-state index in [4.69, 9.17) is 0 Å². The number of H-pyrrole nitrogens is 1. The topological polar surface area (TPSA) is 66.0 Å². The van der Waals surface area contributed by atoms with E-state index in [1.165, 1.54) is 6.07 Å². The lowest BCUT2D eigenvalue weighted by Crippen LogP contribution is -1.97. The zero-order chi connectivity index (χ0) is 14.3. The van der Waals surface area contributed by atoms with E-state index in [-0.39, 0.29) is 22.2 Å². The van der Waals surface area contributed by atoms with Gasteiger partial charge in [-0.3, -0.25) is 5.10 Å². The maximum Gasteiger partial charge on any atom is 0.336 e. The minimum atomic E-state index is -1.16. The molecule has 0 saturated carbocycles. The number of carboxylic acids is 1. The van der Waals surface area contributed by atoms with Crippen molar-refractivity contribution < 1.29 is 18.7 Å². The maximum atomic E-state index is 13.8. The number of carboxylic acid groups (broad SMARTS) is 1. The number of hydrogen-bond donors (Lipinski definition) is 2. The van der Waals surface area contributed by atoms with E-state index in [2.05, 4.69) is 10.2 Å². The minimum Gasteiger partial charge on any atom is -0.478 e. The van der Waals surface area contributed by atoms with Gasteiger partial charge in [-0.25, -0.2) is 13.6 Å². The average Bonchev–Trinajstić information content (AvgIpc) is 2.85. The third kappa shape index (κ3) is 1.82. The largest absolute Gasteiger partial charge is 0.478 e. The van der Waals surface area contributed by atoms with Gasteiger partial charge in [-0.2, -0.15) is 5.10 Å². The van der Waals surface area contributed by atoms with Gasteiger partial charge in [0, 0.05) is 10.9 Å². The first kappa shape index (κ1) is 12.3. The van der Waals surface area contributed by atoms with Crippen molar-refractivity contribution in [2.45, 2.75) is 0 Å². The molecule has 0 amide bonds. The molecule has 0 aliphatic carbocycles. The van der Waals surface area contributed by atoms with Crippen LogP contribution in [0.25, 0.3) is 22.2 Å². The molecule has 0 aliphatic heterocycles. The average molecular weight is 274 g/mol.